The van der Waals surface area contributed by atoms with Crippen molar-refractivity contribution in [3.05, 3.63) is 72.0 Å². The average molecular weight is 391 g/mol. The summed E-state index contributed by atoms with van der Waals surface area (Å²) in [6.07, 6.45) is 6.21. The molecule has 29 heavy (non-hydrogen) atoms. The van der Waals surface area contributed by atoms with Crippen LogP contribution in [-0.4, -0.2) is 44.3 Å². The highest BCUT2D eigenvalue weighted by Crippen LogP contribution is 2.20. The number of pyridine rings is 1. The summed E-state index contributed by atoms with van der Waals surface area (Å²) in [5.74, 6) is 0.990. The molecule has 1 amide bonds. The van der Waals surface area contributed by atoms with Crippen LogP contribution in [0.1, 0.15) is 21.8 Å². The smallest absolute Gasteiger partial charge is 0.275 e. The van der Waals surface area contributed by atoms with Crippen molar-refractivity contribution >= 4 is 16.8 Å². The van der Waals surface area contributed by atoms with Crippen LogP contribution in [0, 0.1) is 0 Å². The molecule has 0 radical (unpaired) electrons. The monoisotopic (exact) mass is 391 g/mol. The molecule has 8 heteroatoms. The molecule has 0 N–H and O–H groups in total. The van der Waals surface area contributed by atoms with Crippen LogP contribution in [-0.2, 0) is 20.1 Å². The summed E-state index contributed by atoms with van der Waals surface area (Å²) < 4.78 is 12.8. The number of benzene rings is 1. The number of aromatic nitrogens is 4. The fraction of sp³-hybridized carbons (Fsp3) is 0.238. The average Bonchev–Trinajstić information content (AvgIpc) is 3.38. The van der Waals surface area contributed by atoms with Crippen molar-refractivity contribution in [1.82, 2.24) is 24.8 Å². The first-order chi connectivity index (χ1) is 14.1. The quantitative estimate of drug-likeness (QED) is 0.481. The van der Waals surface area contributed by atoms with E-state index in [0.29, 0.717) is 18.1 Å². The van der Waals surface area contributed by atoms with E-state index in [0.717, 1.165) is 22.9 Å². The molecule has 0 saturated carbocycles. The topological polar surface area (TPSA) is 86.3 Å². The number of hydrogen-bond acceptors (Lipinski definition) is 6. The summed E-state index contributed by atoms with van der Waals surface area (Å²) in [6, 6.07) is 11.1. The molecule has 148 valence electrons. The van der Waals surface area contributed by atoms with E-state index in [1.54, 1.807) is 35.1 Å². The highest BCUT2D eigenvalue weighted by molar-refractivity contribution is 5.92. The number of amides is 1. The van der Waals surface area contributed by atoms with Gasteiger partial charge in [-0.3, -0.25) is 14.5 Å². The summed E-state index contributed by atoms with van der Waals surface area (Å²) in [5, 5.41) is 9.01. The molecular weight excluding hydrogens is 370 g/mol. The lowest BCUT2D eigenvalue weighted by Gasteiger charge is -2.14. The van der Waals surface area contributed by atoms with Gasteiger partial charge >= 0.3 is 0 Å². The van der Waals surface area contributed by atoms with E-state index in [9.17, 15) is 4.79 Å². The van der Waals surface area contributed by atoms with E-state index in [1.807, 2.05) is 43.6 Å². The highest BCUT2D eigenvalue weighted by atomic mass is 16.5. The van der Waals surface area contributed by atoms with Crippen molar-refractivity contribution in [1.29, 1.82) is 0 Å². The molecule has 0 saturated heterocycles. The molecule has 0 bridgehead atoms. The molecule has 4 rings (SSSR count). The largest absolute Gasteiger partial charge is 0.486 e. The number of carbonyl (C=O) groups is 1. The van der Waals surface area contributed by atoms with Gasteiger partial charge in [-0.2, -0.15) is 5.10 Å². The maximum absolute atomic E-state index is 12.5. The molecule has 0 aliphatic rings. The van der Waals surface area contributed by atoms with Gasteiger partial charge in [0.25, 0.3) is 5.91 Å². The van der Waals surface area contributed by atoms with E-state index < -0.39 is 0 Å². The lowest BCUT2D eigenvalue weighted by molar-refractivity contribution is 0.0786. The third-order valence-corrected chi connectivity index (χ3v) is 4.57. The molecule has 1 aromatic carbocycles. The Morgan fingerprint density at radius 1 is 1.28 bits per heavy atom. The van der Waals surface area contributed by atoms with E-state index in [4.69, 9.17) is 9.26 Å². The first kappa shape index (κ1) is 18.7. The molecular formula is C21H21N5O3. The van der Waals surface area contributed by atoms with E-state index in [-0.39, 0.29) is 18.2 Å². The Kier molecular flexibility index (Phi) is 5.24. The Labute approximate surface area is 167 Å². The molecule has 0 fully saturated rings. The first-order valence-electron chi connectivity index (χ1n) is 9.24. The molecule has 0 unspecified atom stereocenters. The third-order valence-electron chi connectivity index (χ3n) is 4.57. The molecule has 0 aliphatic heterocycles. The molecule has 3 aromatic heterocycles. The Bertz CT molecular complexity index is 1130. The zero-order valence-electron chi connectivity index (χ0n) is 16.3. The minimum atomic E-state index is -0.194. The van der Waals surface area contributed by atoms with Gasteiger partial charge in [-0.1, -0.05) is 11.2 Å². The molecule has 4 aromatic rings. The second-order valence-electron chi connectivity index (χ2n) is 6.82. The predicted molar refractivity (Wildman–Crippen MR) is 106 cm³/mol. The summed E-state index contributed by atoms with van der Waals surface area (Å²) >= 11 is 0. The number of fused-ring (bicyclic) bond motifs is 1. The lowest BCUT2D eigenvalue weighted by Crippen LogP contribution is -2.29. The molecule has 0 aliphatic carbocycles. The van der Waals surface area contributed by atoms with Gasteiger partial charge < -0.3 is 14.2 Å². The number of carbonyl (C=O) groups excluding carboxylic acids is 1. The third kappa shape index (κ3) is 4.43. The van der Waals surface area contributed by atoms with E-state index in [1.165, 1.54) is 0 Å². The number of hydrogen-bond donors (Lipinski definition) is 0. The minimum Gasteiger partial charge on any atom is -0.486 e. The van der Waals surface area contributed by atoms with Crippen LogP contribution in [0.3, 0.4) is 0 Å². The Hall–Kier alpha value is -3.68. The van der Waals surface area contributed by atoms with Gasteiger partial charge in [0.1, 0.15) is 12.4 Å². The van der Waals surface area contributed by atoms with Crippen molar-refractivity contribution in [3.63, 3.8) is 0 Å². The highest BCUT2D eigenvalue weighted by Gasteiger charge is 2.17. The lowest BCUT2D eigenvalue weighted by atomic mass is 10.2. The number of likely N-dealkylation sites (N-methyl/N-ethyl adjacent to an activating group) is 1. The van der Waals surface area contributed by atoms with Crippen LogP contribution in [0.2, 0.25) is 0 Å². The normalized spacial score (nSPS) is 11.0. The maximum Gasteiger partial charge on any atom is 0.275 e. The van der Waals surface area contributed by atoms with Crippen molar-refractivity contribution in [2.24, 2.45) is 7.05 Å². The van der Waals surface area contributed by atoms with Gasteiger partial charge in [-0.15, -0.1) is 0 Å². The van der Waals surface area contributed by atoms with Gasteiger partial charge in [-0.05, 0) is 36.2 Å². The second-order valence-corrected chi connectivity index (χ2v) is 6.82. The Balaban J connectivity index is 1.33. The van der Waals surface area contributed by atoms with Crippen LogP contribution < -0.4 is 4.74 Å². The number of aryl methyl sites for hydroxylation is 1. The van der Waals surface area contributed by atoms with Gasteiger partial charge in [0.2, 0.25) is 0 Å². The van der Waals surface area contributed by atoms with Crippen LogP contribution in [0.5, 0.6) is 5.75 Å². The fourth-order valence-electron chi connectivity index (χ4n) is 2.97. The van der Waals surface area contributed by atoms with Crippen molar-refractivity contribution < 1.29 is 14.1 Å². The van der Waals surface area contributed by atoms with Gasteiger partial charge in [0.05, 0.1) is 11.7 Å². The Morgan fingerprint density at radius 3 is 3.00 bits per heavy atom. The SMILES string of the molecule is CN(CCc1cnn(C)c1)C(=O)c1cc(COc2ccc3ncccc3c2)on1. The van der Waals surface area contributed by atoms with Crippen molar-refractivity contribution in [2.45, 2.75) is 13.0 Å². The van der Waals surface area contributed by atoms with Crippen LogP contribution in [0.25, 0.3) is 10.9 Å². The molecule has 8 nitrogen and oxygen atoms in total. The van der Waals surface area contributed by atoms with Crippen molar-refractivity contribution in [2.75, 3.05) is 13.6 Å². The van der Waals surface area contributed by atoms with E-state index in [2.05, 4.69) is 15.2 Å². The summed E-state index contributed by atoms with van der Waals surface area (Å²) in [5.41, 5.74) is 2.24. The van der Waals surface area contributed by atoms with Gasteiger partial charge in [0.15, 0.2) is 11.5 Å². The zero-order chi connectivity index (χ0) is 20.2. The van der Waals surface area contributed by atoms with Gasteiger partial charge in [0, 0.05) is 44.5 Å². The van der Waals surface area contributed by atoms with E-state index >= 15 is 0 Å². The van der Waals surface area contributed by atoms with Gasteiger partial charge in [-0.25, -0.2) is 0 Å². The minimum absolute atomic E-state index is 0.186. The van der Waals surface area contributed by atoms with Crippen LogP contribution in [0.4, 0.5) is 0 Å². The molecule has 3 heterocycles. The summed E-state index contributed by atoms with van der Waals surface area (Å²) in [7, 11) is 3.61. The molecule has 0 atom stereocenters. The summed E-state index contributed by atoms with van der Waals surface area (Å²) in [6.45, 7) is 0.750. The van der Waals surface area contributed by atoms with Crippen molar-refractivity contribution in [3.8, 4) is 5.75 Å². The Morgan fingerprint density at radius 2 is 2.17 bits per heavy atom. The fourth-order valence-corrected chi connectivity index (χ4v) is 2.97. The maximum atomic E-state index is 12.5. The first-order valence-corrected chi connectivity index (χ1v) is 9.24. The molecule has 0 spiro atoms. The standard InChI is InChI=1S/C21H21N5O3/c1-25(9-7-15-12-23-26(2)13-15)21(27)20-11-18(29-24-20)14-28-17-5-6-19-16(10-17)4-3-8-22-19/h3-6,8,10-13H,7,9,14H2,1-2H3. The summed E-state index contributed by atoms with van der Waals surface area (Å²) in [4.78, 5) is 18.4. The predicted octanol–water partition coefficient (Wildman–Crippen LogP) is 2.85. The number of rotatable bonds is 7. The van der Waals surface area contributed by atoms with Crippen LogP contribution >= 0.6 is 0 Å². The zero-order valence-corrected chi connectivity index (χ0v) is 16.3. The number of ether oxygens (including phenoxy) is 1. The van der Waals surface area contributed by atoms with Crippen LogP contribution in [0.15, 0.2) is 59.5 Å². The number of nitrogens with zero attached hydrogens (tertiary/aromatic N) is 5. The second kappa shape index (κ2) is 8.14.